The predicted molar refractivity (Wildman–Crippen MR) is 95.0 cm³/mol. The molecule has 0 radical (unpaired) electrons. The molecule has 0 heterocycles. The van der Waals surface area contributed by atoms with Crippen molar-refractivity contribution in [1.29, 1.82) is 0 Å². The van der Waals surface area contributed by atoms with Crippen LogP contribution in [-0.2, 0) is 6.18 Å². The number of nitrogens with two attached hydrogens (primary N) is 1. The molecule has 3 rings (SSSR count). The lowest BCUT2D eigenvalue weighted by molar-refractivity contribution is -0.384. The fourth-order valence-corrected chi connectivity index (χ4v) is 2.89. The molecular formula is C19H13F3N2O3. The minimum absolute atomic E-state index is 0.0447. The fraction of sp³-hybridized carbons (Fsp3) is 0.0526. The Bertz CT molecular complexity index is 1000. The number of anilines is 1. The highest BCUT2D eigenvalue weighted by Crippen LogP contribution is 2.48. The smallest absolute Gasteiger partial charge is 0.418 e. The van der Waals surface area contributed by atoms with E-state index in [0.29, 0.717) is 11.6 Å². The van der Waals surface area contributed by atoms with Crippen LogP contribution in [0.1, 0.15) is 5.56 Å². The highest BCUT2D eigenvalue weighted by Gasteiger charge is 2.38. The molecule has 0 saturated carbocycles. The zero-order valence-corrected chi connectivity index (χ0v) is 13.7. The monoisotopic (exact) mass is 374 g/mol. The van der Waals surface area contributed by atoms with Gasteiger partial charge in [0.1, 0.15) is 5.75 Å². The summed E-state index contributed by atoms with van der Waals surface area (Å²) >= 11 is 0. The Balaban J connectivity index is 2.48. The summed E-state index contributed by atoms with van der Waals surface area (Å²) in [4.78, 5) is 10.7. The third kappa shape index (κ3) is 3.41. The number of phenolic OH excluding ortho intramolecular Hbond substituents is 1. The van der Waals surface area contributed by atoms with Crippen LogP contribution >= 0.6 is 0 Å². The first-order valence-corrected chi connectivity index (χ1v) is 7.73. The first kappa shape index (κ1) is 18.2. The maximum Gasteiger partial charge on any atom is 0.418 e. The molecule has 0 saturated heterocycles. The molecule has 0 bridgehead atoms. The average Bonchev–Trinajstić information content (AvgIpc) is 2.61. The van der Waals surface area contributed by atoms with Crippen LogP contribution in [0.25, 0.3) is 22.3 Å². The third-order valence-electron chi connectivity index (χ3n) is 4.07. The Hall–Kier alpha value is -3.55. The fourth-order valence-electron chi connectivity index (χ4n) is 2.89. The van der Waals surface area contributed by atoms with E-state index in [1.54, 1.807) is 18.2 Å². The number of aromatic hydroxyl groups is 1. The van der Waals surface area contributed by atoms with Crippen LogP contribution in [0.4, 0.5) is 24.5 Å². The number of benzene rings is 3. The number of nitro benzene ring substituents is 1. The molecule has 0 aliphatic rings. The third-order valence-corrected chi connectivity index (χ3v) is 4.07. The predicted octanol–water partition coefficient (Wildman–Crippen LogP) is 5.24. The van der Waals surface area contributed by atoms with Crippen molar-refractivity contribution in [2.24, 2.45) is 0 Å². The van der Waals surface area contributed by atoms with Crippen LogP contribution < -0.4 is 5.73 Å². The van der Waals surface area contributed by atoms with Gasteiger partial charge < -0.3 is 10.8 Å². The molecule has 0 unspecified atom stereocenters. The van der Waals surface area contributed by atoms with Crippen LogP contribution in [0, 0.1) is 10.1 Å². The van der Waals surface area contributed by atoms with E-state index in [2.05, 4.69) is 0 Å². The molecule has 27 heavy (non-hydrogen) atoms. The van der Waals surface area contributed by atoms with Gasteiger partial charge in [0, 0.05) is 11.6 Å². The Kier molecular flexibility index (Phi) is 4.49. The Labute approximate surface area is 151 Å². The van der Waals surface area contributed by atoms with Crippen LogP contribution in [0.15, 0.2) is 60.7 Å². The van der Waals surface area contributed by atoms with Crippen LogP contribution in [0.5, 0.6) is 5.75 Å². The van der Waals surface area contributed by atoms with E-state index in [9.17, 15) is 28.4 Å². The van der Waals surface area contributed by atoms with Gasteiger partial charge in [0.15, 0.2) is 0 Å². The summed E-state index contributed by atoms with van der Waals surface area (Å²) in [5.74, 6) is -0.0810. The second-order valence-electron chi connectivity index (χ2n) is 5.77. The number of nitrogens with zero attached hydrogens (tertiary/aromatic N) is 1. The Morgan fingerprint density at radius 3 is 2.00 bits per heavy atom. The molecule has 3 N–H and O–H groups in total. The van der Waals surface area contributed by atoms with Crippen LogP contribution in [-0.4, -0.2) is 10.0 Å². The van der Waals surface area contributed by atoms with E-state index in [1.165, 1.54) is 36.4 Å². The molecule has 0 aliphatic carbocycles. The van der Waals surface area contributed by atoms with Gasteiger partial charge >= 0.3 is 6.18 Å². The van der Waals surface area contributed by atoms with Gasteiger partial charge in [0.2, 0.25) is 0 Å². The number of halogens is 3. The highest BCUT2D eigenvalue weighted by molar-refractivity contribution is 5.97. The quantitative estimate of drug-likeness (QED) is 0.373. The van der Waals surface area contributed by atoms with Gasteiger partial charge in [-0.1, -0.05) is 42.5 Å². The molecule has 0 aliphatic heterocycles. The summed E-state index contributed by atoms with van der Waals surface area (Å²) in [5, 5.41) is 21.1. The number of alkyl halides is 3. The number of hydrogen-bond acceptors (Lipinski definition) is 4. The molecule has 3 aromatic carbocycles. The summed E-state index contributed by atoms with van der Waals surface area (Å²) in [6, 6.07) is 13.7. The van der Waals surface area contributed by atoms with E-state index >= 15 is 0 Å². The van der Waals surface area contributed by atoms with Gasteiger partial charge in [0.25, 0.3) is 5.69 Å². The van der Waals surface area contributed by atoms with Gasteiger partial charge in [-0.2, -0.15) is 13.2 Å². The molecule has 8 heteroatoms. The minimum Gasteiger partial charge on any atom is -0.508 e. The van der Waals surface area contributed by atoms with Crippen LogP contribution in [0.3, 0.4) is 0 Å². The topological polar surface area (TPSA) is 89.4 Å². The summed E-state index contributed by atoms with van der Waals surface area (Å²) < 4.78 is 40.3. The van der Waals surface area contributed by atoms with E-state index in [4.69, 9.17) is 5.73 Å². The molecule has 0 atom stereocenters. The molecule has 3 aromatic rings. The summed E-state index contributed by atoms with van der Waals surface area (Å²) in [7, 11) is 0. The molecule has 0 spiro atoms. The van der Waals surface area contributed by atoms with Gasteiger partial charge in [-0.05, 0) is 23.3 Å². The maximum absolute atomic E-state index is 13.4. The van der Waals surface area contributed by atoms with E-state index < -0.39 is 28.0 Å². The van der Waals surface area contributed by atoms with E-state index in [0.717, 1.165) is 0 Å². The molecule has 0 amide bonds. The molecule has 0 fully saturated rings. The molecule has 138 valence electrons. The SMILES string of the molecule is Nc1c(C(F)(F)F)cc([N+](=O)[O-])c(-c2ccc(O)cc2)c1-c1ccccc1. The summed E-state index contributed by atoms with van der Waals surface area (Å²) in [5.41, 5.74) is 3.71. The lowest BCUT2D eigenvalue weighted by Crippen LogP contribution is -2.12. The second-order valence-corrected chi connectivity index (χ2v) is 5.77. The van der Waals surface area contributed by atoms with Crippen molar-refractivity contribution in [1.82, 2.24) is 0 Å². The van der Waals surface area contributed by atoms with Gasteiger partial charge in [-0.25, -0.2) is 0 Å². The zero-order chi connectivity index (χ0) is 19.8. The van der Waals surface area contributed by atoms with Gasteiger partial charge in [0.05, 0.1) is 21.7 Å². The Morgan fingerprint density at radius 2 is 1.48 bits per heavy atom. The minimum atomic E-state index is -4.86. The number of phenols is 1. The summed E-state index contributed by atoms with van der Waals surface area (Å²) in [6.07, 6.45) is -4.86. The largest absolute Gasteiger partial charge is 0.508 e. The Morgan fingerprint density at radius 1 is 0.926 bits per heavy atom. The first-order chi connectivity index (χ1) is 12.7. The number of nitrogen functional groups attached to an aromatic ring is 1. The zero-order valence-electron chi connectivity index (χ0n) is 13.7. The number of rotatable bonds is 3. The average molecular weight is 374 g/mol. The standard InChI is InChI=1S/C19H13F3N2O3/c20-19(21,22)14-10-15(24(26)27)16(12-6-8-13(25)9-7-12)17(18(14)23)11-4-2-1-3-5-11/h1-10,25H,23H2. The second kappa shape index (κ2) is 6.64. The van der Waals surface area contributed by atoms with Crippen molar-refractivity contribution < 1.29 is 23.2 Å². The summed E-state index contributed by atoms with van der Waals surface area (Å²) in [6.45, 7) is 0. The van der Waals surface area contributed by atoms with Gasteiger partial charge in [-0.3, -0.25) is 10.1 Å². The van der Waals surface area contributed by atoms with Crippen LogP contribution in [0.2, 0.25) is 0 Å². The molecular weight excluding hydrogens is 361 g/mol. The van der Waals surface area contributed by atoms with Crippen molar-refractivity contribution in [3.05, 3.63) is 76.3 Å². The van der Waals surface area contributed by atoms with Crippen molar-refractivity contribution in [3.8, 4) is 28.0 Å². The van der Waals surface area contributed by atoms with Gasteiger partial charge in [-0.15, -0.1) is 0 Å². The number of nitro groups is 1. The van der Waals surface area contributed by atoms with E-state index in [-0.39, 0.29) is 22.4 Å². The maximum atomic E-state index is 13.4. The molecule has 0 aromatic heterocycles. The highest BCUT2D eigenvalue weighted by atomic mass is 19.4. The van der Waals surface area contributed by atoms with Crippen molar-refractivity contribution in [3.63, 3.8) is 0 Å². The number of hydrogen-bond donors (Lipinski definition) is 2. The van der Waals surface area contributed by atoms with Crippen molar-refractivity contribution >= 4 is 11.4 Å². The van der Waals surface area contributed by atoms with Crippen molar-refractivity contribution in [2.75, 3.05) is 5.73 Å². The lowest BCUT2D eigenvalue weighted by atomic mass is 9.89. The molecule has 5 nitrogen and oxygen atoms in total. The normalized spacial score (nSPS) is 11.4. The lowest BCUT2D eigenvalue weighted by Gasteiger charge is -2.18. The van der Waals surface area contributed by atoms with Crippen molar-refractivity contribution in [2.45, 2.75) is 6.18 Å². The first-order valence-electron chi connectivity index (χ1n) is 7.73. The van der Waals surface area contributed by atoms with E-state index in [1.807, 2.05) is 0 Å².